The molecule has 0 atom stereocenters. The first-order chi connectivity index (χ1) is 12.8. The van der Waals surface area contributed by atoms with Gasteiger partial charge in [0, 0.05) is 39.3 Å². The Kier molecular flexibility index (Phi) is 5.19. The van der Waals surface area contributed by atoms with E-state index >= 15 is 0 Å². The minimum absolute atomic E-state index is 0.942. The van der Waals surface area contributed by atoms with Gasteiger partial charge < -0.3 is 4.74 Å². The summed E-state index contributed by atoms with van der Waals surface area (Å²) in [4.78, 5) is 5.11. The molecular weight excluding hydrogens is 320 g/mol. The van der Waals surface area contributed by atoms with Gasteiger partial charge in [0.15, 0.2) is 0 Å². The summed E-state index contributed by atoms with van der Waals surface area (Å²) in [6.45, 7) is 6.50. The topological polar surface area (TPSA) is 15.7 Å². The Morgan fingerprint density at radius 2 is 1.46 bits per heavy atom. The molecule has 1 saturated heterocycles. The van der Waals surface area contributed by atoms with Gasteiger partial charge in [0.05, 0.1) is 7.11 Å². The van der Waals surface area contributed by atoms with Crippen LogP contribution in [0.4, 0.5) is 0 Å². The summed E-state index contributed by atoms with van der Waals surface area (Å²) < 4.78 is 5.34. The molecule has 26 heavy (non-hydrogen) atoms. The van der Waals surface area contributed by atoms with E-state index in [2.05, 4.69) is 70.5 Å². The molecule has 3 nitrogen and oxygen atoms in total. The van der Waals surface area contributed by atoms with Gasteiger partial charge in [0.2, 0.25) is 0 Å². The highest BCUT2D eigenvalue weighted by Gasteiger charge is 2.17. The molecule has 1 fully saturated rings. The van der Waals surface area contributed by atoms with Crippen LogP contribution in [0.15, 0.2) is 66.7 Å². The zero-order valence-corrected chi connectivity index (χ0v) is 15.4. The first-order valence-electron chi connectivity index (χ1n) is 9.36. The molecule has 1 aliphatic rings. The van der Waals surface area contributed by atoms with Crippen molar-refractivity contribution in [2.45, 2.75) is 13.1 Å². The smallest absolute Gasteiger partial charge is 0.119 e. The van der Waals surface area contributed by atoms with Gasteiger partial charge in [-0.3, -0.25) is 9.80 Å². The molecule has 0 aliphatic carbocycles. The van der Waals surface area contributed by atoms with Crippen LogP contribution < -0.4 is 4.74 Å². The Morgan fingerprint density at radius 1 is 0.769 bits per heavy atom. The van der Waals surface area contributed by atoms with Gasteiger partial charge in [0.1, 0.15) is 5.75 Å². The minimum atomic E-state index is 0.942. The molecule has 0 amide bonds. The molecule has 1 heterocycles. The quantitative estimate of drug-likeness (QED) is 0.690. The Morgan fingerprint density at radius 3 is 2.27 bits per heavy atom. The second-order valence-corrected chi connectivity index (χ2v) is 7.04. The molecular formula is C23H26N2O. The van der Waals surface area contributed by atoms with Crippen LogP contribution in [0.1, 0.15) is 11.1 Å². The number of hydrogen-bond acceptors (Lipinski definition) is 3. The fourth-order valence-electron chi connectivity index (χ4n) is 3.81. The van der Waals surface area contributed by atoms with Crippen molar-refractivity contribution in [3.8, 4) is 5.75 Å². The molecule has 3 heteroatoms. The Hall–Kier alpha value is -2.36. The number of benzene rings is 3. The molecule has 3 aromatic rings. The van der Waals surface area contributed by atoms with Crippen molar-refractivity contribution in [2.75, 3.05) is 33.3 Å². The van der Waals surface area contributed by atoms with Crippen LogP contribution in [0, 0.1) is 0 Å². The Labute approximate surface area is 155 Å². The number of hydrogen-bond donors (Lipinski definition) is 0. The van der Waals surface area contributed by atoms with Crippen molar-refractivity contribution in [1.82, 2.24) is 9.80 Å². The summed E-state index contributed by atoms with van der Waals surface area (Å²) in [5.41, 5.74) is 2.76. The lowest BCUT2D eigenvalue weighted by atomic mass is 10.0. The lowest BCUT2D eigenvalue weighted by Crippen LogP contribution is -2.45. The Balaban J connectivity index is 1.36. The van der Waals surface area contributed by atoms with Crippen LogP contribution in [0.25, 0.3) is 10.8 Å². The average molecular weight is 346 g/mol. The van der Waals surface area contributed by atoms with Crippen LogP contribution in [0.2, 0.25) is 0 Å². The largest absolute Gasteiger partial charge is 0.497 e. The highest BCUT2D eigenvalue weighted by atomic mass is 16.5. The molecule has 0 radical (unpaired) electrons. The van der Waals surface area contributed by atoms with Crippen LogP contribution >= 0.6 is 0 Å². The number of piperazine rings is 1. The highest BCUT2D eigenvalue weighted by molar-refractivity contribution is 5.85. The van der Waals surface area contributed by atoms with Gasteiger partial charge in [-0.1, -0.05) is 54.6 Å². The number of ether oxygens (including phenoxy) is 1. The second kappa shape index (κ2) is 7.90. The summed E-state index contributed by atoms with van der Waals surface area (Å²) >= 11 is 0. The zero-order chi connectivity index (χ0) is 17.8. The van der Waals surface area contributed by atoms with Gasteiger partial charge in [0.25, 0.3) is 0 Å². The molecule has 134 valence electrons. The van der Waals surface area contributed by atoms with E-state index in [0.717, 1.165) is 45.0 Å². The third-order valence-corrected chi connectivity index (χ3v) is 5.28. The van der Waals surface area contributed by atoms with Gasteiger partial charge in [-0.05, 0) is 34.0 Å². The number of rotatable bonds is 5. The molecule has 0 unspecified atom stereocenters. The molecule has 0 saturated carbocycles. The van der Waals surface area contributed by atoms with E-state index in [0.29, 0.717) is 0 Å². The van der Waals surface area contributed by atoms with E-state index in [1.54, 1.807) is 7.11 Å². The van der Waals surface area contributed by atoms with Crippen molar-refractivity contribution < 1.29 is 4.74 Å². The first kappa shape index (κ1) is 17.1. The van der Waals surface area contributed by atoms with Crippen LogP contribution in [0.5, 0.6) is 5.75 Å². The standard InChI is InChI=1S/C23H26N2O/c1-26-22-10-4-6-19(16-22)17-24-12-14-25(15-13-24)18-21-9-5-8-20-7-2-3-11-23(20)21/h2-11,16H,12-15,17-18H2,1H3. The van der Waals surface area contributed by atoms with Crippen molar-refractivity contribution in [3.05, 3.63) is 77.9 Å². The van der Waals surface area contributed by atoms with Crippen LogP contribution in [-0.4, -0.2) is 43.1 Å². The molecule has 0 spiro atoms. The van der Waals surface area contributed by atoms with Crippen molar-refractivity contribution in [1.29, 1.82) is 0 Å². The first-order valence-corrected chi connectivity index (χ1v) is 9.36. The van der Waals surface area contributed by atoms with Crippen molar-refractivity contribution in [2.24, 2.45) is 0 Å². The fraction of sp³-hybridized carbons (Fsp3) is 0.304. The predicted molar refractivity (Wildman–Crippen MR) is 107 cm³/mol. The van der Waals surface area contributed by atoms with Crippen LogP contribution in [0.3, 0.4) is 0 Å². The van der Waals surface area contributed by atoms with Gasteiger partial charge >= 0.3 is 0 Å². The molecule has 0 N–H and O–H groups in total. The molecule has 0 bridgehead atoms. The van der Waals surface area contributed by atoms with Crippen LogP contribution in [-0.2, 0) is 13.1 Å². The third-order valence-electron chi connectivity index (χ3n) is 5.28. The maximum atomic E-state index is 5.34. The van der Waals surface area contributed by atoms with Crippen molar-refractivity contribution in [3.63, 3.8) is 0 Å². The third kappa shape index (κ3) is 3.90. The number of methoxy groups -OCH3 is 1. The fourth-order valence-corrected chi connectivity index (χ4v) is 3.81. The summed E-state index contributed by atoms with van der Waals surface area (Å²) in [7, 11) is 1.73. The van der Waals surface area contributed by atoms with Gasteiger partial charge in [-0.2, -0.15) is 0 Å². The lowest BCUT2D eigenvalue weighted by molar-refractivity contribution is 0.122. The predicted octanol–water partition coefficient (Wildman–Crippen LogP) is 4.17. The SMILES string of the molecule is COc1cccc(CN2CCN(Cc3cccc4ccccc34)CC2)c1. The normalized spacial score (nSPS) is 16.0. The van der Waals surface area contributed by atoms with E-state index in [-0.39, 0.29) is 0 Å². The van der Waals surface area contributed by atoms with Crippen molar-refractivity contribution >= 4 is 10.8 Å². The molecule has 4 rings (SSSR count). The van der Waals surface area contributed by atoms with E-state index in [9.17, 15) is 0 Å². The van der Waals surface area contributed by atoms with E-state index in [1.165, 1.54) is 21.9 Å². The van der Waals surface area contributed by atoms with E-state index in [4.69, 9.17) is 4.74 Å². The Bertz CT molecular complexity index is 863. The monoisotopic (exact) mass is 346 g/mol. The average Bonchev–Trinajstić information content (AvgIpc) is 2.70. The van der Waals surface area contributed by atoms with Gasteiger partial charge in [-0.15, -0.1) is 0 Å². The maximum Gasteiger partial charge on any atom is 0.119 e. The maximum absolute atomic E-state index is 5.34. The lowest BCUT2D eigenvalue weighted by Gasteiger charge is -2.35. The summed E-state index contributed by atoms with van der Waals surface area (Å²) in [5.74, 6) is 0.942. The number of fused-ring (bicyclic) bond motifs is 1. The molecule has 3 aromatic carbocycles. The summed E-state index contributed by atoms with van der Waals surface area (Å²) in [6.07, 6.45) is 0. The van der Waals surface area contributed by atoms with E-state index in [1.807, 2.05) is 6.07 Å². The minimum Gasteiger partial charge on any atom is -0.497 e. The van der Waals surface area contributed by atoms with E-state index < -0.39 is 0 Å². The number of nitrogens with zero attached hydrogens (tertiary/aromatic N) is 2. The molecule has 1 aliphatic heterocycles. The summed E-state index contributed by atoms with van der Waals surface area (Å²) in [5, 5.41) is 2.72. The molecule has 0 aromatic heterocycles. The second-order valence-electron chi connectivity index (χ2n) is 7.04. The highest BCUT2D eigenvalue weighted by Crippen LogP contribution is 2.21. The van der Waals surface area contributed by atoms with Gasteiger partial charge in [-0.25, -0.2) is 0 Å². The zero-order valence-electron chi connectivity index (χ0n) is 15.4. The summed E-state index contributed by atoms with van der Waals surface area (Å²) in [6, 6.07) is 23.7.